The first-order valence-electron chi connectivity index (χ1n) is 3.52. The highest BCUT2D eigenvalue weighted by Crippen LogP contribution is 2.20. The predicted molar refractivity (Wildman–Crippen MR) is 47.9 cm³/mol. The van der Waals surface area contributed by atoms with E-state index in [0.717, 1.165) is 11.1 Å². The lowest BCUT2D eigenvalue weighted by atomic mass is 10.1. The van der Waals surface area contributed by atoms with Gasteiger partial charge in [-0.25, -0.2) is 4.79 Å². The minimum Gasteiger partial charge on any atom is -0.478 e. The summed E-state index contributed by atoms with van der Waals surface area (Å²) >= 11 is 5.77. The molecule has 0 bridgehead atoms. The van der Waals surface area contributed by atoms with E-state index in [9.17, 15) is 4.79 Å². The summed E-state index contributed by atoms with van der Waals surface area (Å²) in [5, 5.41) is 9.22. The van der Waals surface area contributed by atoms with Crippen LogP contribution in [0.1, 0.15) is 21.5 Å². The molecule has 1 aromatic rings. The second-order valence-corrected chi connectivity index (χ2v) is 3.13. The summed E-state index contributed by atoms with van der Waals surface area (Å²) in [7, 11) is 0. The number of benzene rings is 1. The van der Waals surface area contributed by atoms with E-state index in [-0.39, 0.29) is 5.56 Å². The smallest absolute Gasteiger partial charge is 0.336 e. The van der Waals surface area contributed by atoms with Crippen LogP contribution in [0.25, 0.3) is 0 Å². The van der Waals surface area contributed by atoms with Crippen molar-refractivity contribution in [3.8, 4) is 0 Å². The van der Waals surface area contributed by atoms with Crippen molar-refractivity contribution in [2.24, 2.45) is 0 Å². The third-order valence-electron chi connectivity index (χ3n) is 1.74. The largest absolute Gasteiger partial charge is 0.478 e. The maximum atomic E-state index is 10.6. The molecule has 0 radical (unpaired) electrons. The second-order valence-electron chi connectivity index (χ2n) is 2.72. The lowest BCUT2D eigenvalue weighted by Gasteiger charge is -2.03. The number of carboxylic acids is 1. The van der Waals surface area contributed by atoms with E-state index in [0.29, 0.717) is 5.02 Å². The van der Waals surface area contributed by atoms with Crippen LogP contribution < -0.4 is 0 Å². The molecule has 0 aliphatic heterocycles. The first-order valence-corrected chi connectivity index (χ1v) is 3.90. The highest BCUT2D eigenvalue weighted by Gasteiger charge is 2.08. The number of halogens is 1. The van der Waals surface area contributed by atoms with E-state index in [1.807, 2.05) is 6.92 Å². The van der Waals surface area contributed by atoms with Gasteiger partial charge >= 0.3 is 5.97 Å². The van der Waals surface area contributed by atoms with Gasteiger partial charge in [-0.2, -0.15) is 0 Å². The summed E-state index contributed by atoms with van der Waals surface area (Å²) < 4.78 is 0. The first-order chi connectivity index (χ1) is 5.52. The van der Waals surface area contributed by atoms with E-state index in [1.165, 1.54) is 6.07 Å². The Hall–Kier alpha value is -1.02. The number of carbonyl (C=O) groups is 1. The monoisotopic (exact) mass is 184 g/mol. The van der Waals surface area contributed by atoms with Gasteiger partial charge in [-0.3, -0.25) is 0 Å². The van der Waals surface area contributed by atoms with Gasteiger partial charge in [0, 0.05) is 5.02 Å². The van der Waals surface area contributed by atoms with Gasteiger partial charge in [0.25, 0.3) is 0 Å². The Labute approximate surface area is 75.8 Å². The van der Waals surface area contributed by atoms with Crippen molar-refractivity contribution in [3.63, 3.8) is 0 Å². The molecular weight excluding hydrogens is 176 g/mol. The van der Waals surface area contributed by atoms with E-state index in [2.05, 4.69) is 0 Å². The van der Waals surface area contributed by atoms with Crippen molar-refractivity contribution in [3.05, 3.63) is 33.8 Å². The Balaban J connectivity index is 3.33. The molecule has 0 atom stereocenters. The highest BCUT2D eigenvalue weighted by atomic mass is 35.5. The van der Waals surface area contributed by atoms with Crippen molar-refractivity contribution in [1.82, 2.24) is 0 Å². The summed E-state index contributed by atoms with van der Waals surface area (Å²) in [5.41, 5.74) is 1.91. The van der Waals surface area contributed by atoms with Gasteiger partial charge in [-0.05, 0) is 31.0 Å². The zero-order valence-corrected chi connectivity index (χ0v) is 7.64. The van der Waals surface area contributed by atoms with Crippen LogP contribution in [0.3, 0.4) is 0 Å². The summed E-state index contributed by atoms with van der Waals surface area (Å²) in [6, 6.07) is 3.25. The molecule has 0 aliphatic carbocycles. The quantitative estimate of drug-likeness (QED) is 0.729. The van der Waals surface area contributed by atoms with Gasteiger partial charge in [0.15, 0.2) is 0 Å². The van der Waals surface area contributed by atoms with Crippen LogP contribution >= 0.6 is 11.6 Å². The van der Waals surface area contributed by atoms with Gasteiger partial charge < -0.3 is 5.11 Å². The summed E-state index contributed by atoms with van der Waals surface area (Å²) in [5.74, 6) is -0.936. The molecule has 0 unspecified atom stereocenters. The van der Waals surface area contributed by atoms with Crippen molar-refractivity contribution >= 4 is 17.6 Å². The Morgan fingerprint density at radius 1 is 1.33 bits per heavy atom. The van der Waals surface area contributed by atoms with Crippen LogP contribution in [-0.4, -0.2) is 11.1 Å². The standard InChI is InChI=1S/C9H9ClO2/c1-5-3-6(2)8(10)4-7(5)9(11)12/h3-4H,1-2H3,(H,11,12). The minimum atomic E-state index is -0.936. The SMILES string of the molecule is Cc1cc(C)c(C(=O)O)cc1Cl. The maximum absolute atomic E-state index is 10.6. The number of aromatic carboxylic acids is 1. The molecule has 2 nitrogen and oxygen atoms in total. The first kappa shape index (κ1) is 9.07. The maximum Gasteiger partial charge on any atom is 0.336 e. The van der Waals surface area contributed by atoms with Gasteiger partial charge in [0.05, 0.1) is 5.56 Å². The molecule has 1 N–H and O–H groups in total. The fourth-order valence-corrected chi connectivity index (χ4v) is 1.22. The third-order valence-corrected chi connectivity index (χ3v) is 2.14. The predicted octanol–water partition coefficient (Wildman–Crippen LogP) is 2.66. The fourth-order valence-electron chi connectivity index (χ4n) is 1.06. The zero-order valence-electron chi connectivity index (χ0n) is 6.89. The molecule has 12 heavy (non-hydrogen) atoms. The zero-order chi connectivity index (χ0) is 9.30. The molecule has 0 aliphatic rings. The van der Waals surface area contributed by atoms with Gasteiger partial charge in [-0.1, -0.05) is 17.7 Å². The molecule has 64 valence electrons. The Morgan fingerprint density at radius 2 is 1.92 bits per heavy atom. The van der Waals surface area contributed by atoms with Crippen LogP contribution in [0, 0.1) is 13.8 Å². The topological polar surface area (TPSA) is 37.3 Å². The number of aryl methyl sites for hydroxylation is 2. The number of hydrogen-bond donors (Lipinski definition) is 1. The molecule has 0 heterocycles. The van der Waals surface area contributed by atoms with Crippen LogP contribution in [0.5, 0.6) is 0 Å². The van der Waals surface area contributed by atoms with Crippen molar-refractivity contribution in [2.75, 3.05) is 0 Å². The average molecular weight is 185 g/mol. The lowest BCUT2D eigenvalue weighted by Crippen LogP contribution is -1.99. The Morgan fingerprint density at radius 3 is 2.42 bits per heavy atom. The number of hydrogen-bond acceptors (Lipinski definition) is 1. The Bertz CT molecular complexity index is 332. The Kier molecular flexibility index (Phi) is 2.38. The molecule has 1 rings (SSSR count). The molecular formula is C9H9ClO2. The molecule has 0 saturated heterocycles. The van der Waals surface area contributed by atoms with Crippen LogP contribution in [0.2, 0.25) is 5.02 Å². The molecule has 0 fully saturated rings. The van der Waals surface area contributed by atoms with Crippen LogP contribution in [0.4, 0.5) is 0 Å². The molecule has 0 amide bonds. The van der Waals surface area contributed by atoms with Crippen molar-refractivity contribution < 1.29 is 9.90 Å². The van der Waals surface area contributed by atoms with Crippen LogP contribution in [-0.2, 0) is 0 Å². The molecule has 0 spiro atoms. The van der Waals surface area contributed by atoms with Crippen molar-refractivity contribution in [1.29, 1.82) is 0 Å². The van der Waals surface area contributed by atoms with E-state index in [1.54, 1.807) is 13.0 Å². The average Bonchev–Trinajstić information content (AvgIpc) is 1.96. The highest BCUT2D eigenvalue weighted by molar-refractivity contribution is 6.31. The molecule has 3 heteroatoms. The minimum absolute atomic E-state index is 0.269. The second kappa shape index (κ2) is 3.15. The van der Waals surface area contributed by atoms with E-state index >= 15 is 0 Å². The number of rotatable bonds is 1. The fraction of sp³-hybridized carbons (Fsp3) is 0.222. The van der Waals surface area contributed by atoms with Crippen LogP contribution in [0.15, 0.2) is 12.1 Å². The van der Waals surface area contributed by atoms with Gasteiger partial charge in [0.1, 0.15) is 0 Å². The van der Waals surface area contributed by atoms with E-state index < -0.39 is 5.97 Å². The lowest BCUT2D eigenvalue weighted by molar-refractivity contribution is 0.0696. The number of carboxylic acid groups (broad SMARTS) is 1. The van der Waals surface area contributed by atoms with Crippen molar-refractivity contribution in [2.45, 2.75) is 13.8 Å². The molecule has 1 aromatic carbocycles. The summed E-state index contributed by atoms with van der Waals surface area (Å²) in [4.78, 5) is 10.6. The summed E-state index contributed by atoms with van der Waals surface area (Å²) in [6.07, 6.45) is 0. The normalized spacial score (nSPS) is 9.92. The molecule has 0 aromatic heterocycles. The third kappa shape index (κ3) is 1.59. The summed E-state index contributed by atoms with van der Waals surface area (Å²) in [6.45, 7) is 3.60. The molecule has 0 saturated carbocycles. The van der Waals surface area contributed by atoms with Gasteiger partial charge in [0.2, 0.25) is 0 Å². The van der Waals surface area contributed by atoms with E-state index in [4.69, 9.17) is 16.7 Å². The van der Waals surface area contributed by atoms with Gasteiger partial charge in [-0.15, -0.1) is 0 Å².